The quantitative estimate of drug-likeness (QED) is 0.578. The first-order valence-electron chi connectivity index (χ1n) is 8.71. The number of nitrogens with two attached hydrogens (primary N) is 1. The first-order valence-corrected chi connectivity index (χ1v) is 8.71. The summed E-state index contributed by atoms with van der Waals surface area (Å²) in [6.45, 7) is 0.517. The van der Waals surface area contributed by atoms with E-state index in [0.29, 0.717) is 19.4 Å². The molecule has 130 valence electrons. The molecule has 0 atom stereocenters. The number of nitrogens with one attached hydrogen (secondary N) is 1. The maximum Gasteiger partial charge on any atom is 0.224 e. The molecule has 4 rings (SSSR count). The summed E-state index contributed by atoms with van der Waals surface area (Å²) in [5, 5.41) is 5.30. The average molecular weight is 344 g/mol. The summed E-state index contributed by atoms with van der Waals surface area (Å²) in [6, 6.07) is 18.4. The summed E-state index contributed by atoms with van der Waals surface area (Å²) in [5.74, 6) is -0.0235. The topological polar surface area (TPSA) is 72.4 Å². The van der Waals surface area contributed by atoms with Crippen molar-refractivity contribution in [1.29, 1.82) is 0 Å². The van der Waals surface area contributed by atoms with Crippen LogP contribution in [0.3, 0.4) is 0 Å². The summed E-state index contributed by atoms with van der Waals surface area (Å²) in [7, 11) is 0. The molecule has 0 unspecified atom stereocenters. The molecule has 0 bridgehead atoms. The minimum atomic E-state index is -0.0235. The van der Waals surface area contributed by atoms with Crippen molar-refractivity contribution in [2.45, 2.75) is 12.8 Å². The van der Waals surface area contributed by atoms with Crippen LogP contribution in [0.25, 0.3) is 27.7 Å². The van der Waals surface area contributed by atoms with Gasteiger partial charge in [-0.05, 0) is 41.9 Å². The molecule has 0 saturated carbocycles. The molecule has 0 saturated heterocycles. The molecule has 2 aromatic heterocycles. The van der Waals surface area contributed by atoms with Gasteiger partial charge >= 0.3 is 0 Å². The minimum absolute atomic E-state index is 0.0235. The maximum atomic E-state index is 11.9. The van der Waals surface area contributed by atoms with Crippen molar-refractivity contribution >= 4 is 28.0 Å². The number of carbonyl (C=O) groups excluding carboxylic acids is 1. The van der Waals surface area contributed by atoms with Crippen LogP contribution in [0.1, 0.15) is 12.8 Å². The van der Waals surface area contributed by atoms with Crippen LogP contribution < -0.4 is 11.1 Å². The third-order valence-corrected chi connectivity index (χ3v) is 4.39. The molecular weight excluding hydrogens is 324 g/mol. The fourth-order valence-electron chi connectivity index (χ4n) is 3.04. The predicted molar refractivity (Wildman–Crippen MR) is 105 cm³/mol. The van der Waals surface area contributed by atoms with Gasteiger partial charge in [-0.3, -0.25) is 4.79 Å². The van der Waals surface area contributed by atoms with Crippen LogP contribution in [0.15, 0.2) is 67.0 Å². The first-order chi connectivity index (χ1) is 12.7. The van der Waals surface area contributed by atoms with Crippen LogP contribution in [0, 0.1) is 0 Å². The lowest BCUT2D eigenvalue weighted by Gasteiger charge is -2.05. The normalized spacial score (nSPS) is 11.1. The Hall–Kier alpha value is -3.18. The van der Waals surface area contributed by atoms with Crippen molar-refractivity contribution in [3.05, 3.63) is 67.0 Å². The molecule has 26 heavy (non-hydrogen) atoms. The molecule has 0 aliphatic rings. The molecule has 0 aliphatic carbocycles. The lowest BCUT2D eigenvalue weighted by atomic mass is 10.1. The standard InChI is InChI=1S/C21H20N4O/c22-11-3-6-21(26)23-18-9-10-20-24-19(14-25(20)13-18)17-8-7-15-4-1-2-5-16(15)12-17/h1-2,4-5,7-10,12-14H,3,6,11,22H2,(H,23,26). The number of aromatic nitrogens is 2. The fourth-order valence-corrected chi connectivity index (χ4v) is 3.04. The van der Waals surface area contributed by atoms with E-state index in [0.717, 1.165) is 22.6 Å². The van der Waals surface area contributed by atoms with E-state index < -0.39 is 0 Å². The monoisotopic (exact) mass is 344 g/mol. The SMILES string of the molecule is NCCCC(=O)Nc1ccc2nc(-c3ccc4ccccc4c3)cn2c1. The molecule has 0 fully saturated rings. The Morgan fingerprint density at radius 1 is 1.04 bits per heavy atom. The Labute approximate surface area is 151 Å². The Morgan fingerprint density at radius 3 is 2.73 bits per heavy atom. The third-order valence-electron chi connectivity index (χ3n) is 4.39. The highest BCUT2D eigenvalue weighted by Gasteiger charge is 2.07. The van der Waals surface area contributed by atoms with Crippen molar-refractivity contribution in [3.8, 4) is 11.3 Å². The molecule has 4 aromatic rings. The summed E-state index contributed by atoms with van der Waals surface area (Å²) in [4.78, 5) is 16.6. The van der Waals surface area contributed by atoms with Gasteiger partial charge in [0.25, 0.3) is 0 Å². The number of carbonyl (C=O) groups is 1. The van der Waals surface area contributed by atoms with E-state index in [1.807, 2.05) is 41.1 Å². The van der Waals surface area contributed by atoms with Gasteiger partial charge in [0.1, 0.15) is 5.65 Å². The highest BCUT2D eigenvalue weighted by Crippen LogP contribution is 2.24. The van der Waals surface area contributed by atoms with Crippen molar-refractivity contribution in [3.63, 3.8) is 0 Å². The van der Waals surface area contributed by atoms with Crippen LogP contribution in [0.5, 0.6) is 0 Å². The van der Waals surface area contributed by atoms with Gasteiger partial charge in [-0.2, -0.15) is 0 Å². The van der Waals surface area contributed by atoms with Gasteiger partial charge in [0.15, 0.2) is 0 Å². The number of hydrogen-bond donors (Lipinski definition) is 2. The van der Waals surface area contributed by atoms with Crippen molar-refractivity contribution in [2.75, 3.05) is 11.9 Å². The molecule has 2 aromatic carbocycles. The largest absolute Gasteiger partial charge is 0.330 e. The van der Waals surface area contributed by atoms with Gasteiger partial charge in [0, 0.05) is 24.4 Å². The average Bonchev–Trinajstić information content (AvgIpc) is 3.09. The Bertz CT molecular complexity index is 1080. The lowest BCUT2D eigenvalue weighted by Crippen LogP contribution is -2.13. The van der Waals surface area contributed by atoms with Crippen LogP contribution in [0.4, 0.5) is 5.69 Å². The van der Waals surface area contributed by atoms with Gasteiger partial charge in [-0.25, -0.2) is 4.98 Å². The number of pyridine rings is 1. The summed E-state index contributed by atoms with van der Waals surface area (Å²) >= 11 is 0. The zero-order chi connectivity index (χ0) is 17.9. The molecule has 3 N–H and O–H groups in total. The number of rotatable bonds is 5. The van der Waals surface area contributed by atoms with E-state index in [-0.39, 0.29) is 5.91 Å². The molecule has 5 nitrogen and oxygen atoms in total. The highest BCUT2D eigenvalue weighted by atomic mass is 16.1. The van der Waals surface area contributed by atoms with E-state index in [4.69, 9.17) is 10.7 Å². The number of hydrogen-bond acceptors (Lipinski definition) is 3. The van der Waals surface area contributed by atoms with Gasteiger partial charge in [-0.1, -0.05) is 36.4 Å². The van der Waals surface area contributed by atoms with Gasteiger partial charge in [0.05, 0.1) is 11.4 Å². The molecule has 2 heterocycles. The van der Waals surface area contributed by atoms with Crippen molar-refractivity contribution < 1.29 is 4.79 Å². The van der Waals surface area contributed by atoms with Crippen molar-refractivity contribution in [1.82, 2.24) is 9.38 Å². The van der Waals surface area contributed by atoms with E-state index >= 15 is 0 Å². The second-order valence-electron chi connectivity index (χ2n) is 6.31. The predicted octanol–water partition coefficient (Wildman–Crippen LogP) is 3.83. The number of nitrogens with zero attached hydrogens (tertiary/aromatic N) is 2. The van der Waals surface area contributed by atoms with Crippen LogP contribution in [-0.2, 0) is 4.79 Å². The van der Waals surface area contributed by atoms with Gasteiger partial charge < -0.3 is 15.5 Å². The molecule has 0 spiro atoms. The molecule has 0 aliphatic heterocycles. The number of fused-ring (bicyclic) bond motifs is 2. The molecular formula is C21H20N4O. The highest BCUT2D eigenvalue weighted by molar-refractivity contribution is 5.91. The van der Waals surface area contributed by atoms with Gasteiger partial charge in [-0.15, -0.1) is 0 Å². The number of anilines is 1. The summed E-state index contributed by atoms with van der Waals surface area (Å²) < 4.78 is 1.93. The van der Waals surface area contributed by atoms with Crippen LogP contribution in [-0.4, -0.2) is 21.8 Å². The van der Waals surface area contributed by atoms with E-state index in [1.54, 1.807) is 0 Å². The second-order valence-corrected chi connectivity index (χ2v) is 6.31. The fraction of sp³-hybridized carbons (Fsp3) is 0.143. The molecule has 0 radical (unpaired) electrons. The molecule has 5 heteroatoms. The van der Waals surface area contributed by atoms with Crippen LogP contribution in [0.2, 0.25) is 0 Å². The maximum absolute atomic E-state index is 11.9. The number of amides is 1. The van der Waals surface area contributed by atoms with E-state index in [1.165, 1.54) is 10.8 Å². The van der Waals surface area contributed by atoms with E-state index in [9.17, 15) is 4.79 Å². The number of benzene rings is 2. The second kappa shape index (κ2) is 6.98. The summed E-state index contributed by atoms with van der Waals surface area (Å²) in [5.41, 5.74) is 9.01. The third kappa shape index (κ3) is 3.30. The van der Waals surface area contributed by atoms with Crippen LogP contribution >= 0.6 is 0 Å². The first kappa shape index (κ1) is 16.3. The molecule has 1 amide bonds. The summed E-state index contributed by atoms with van der Waals surface area (Å²) in [6.07, 6.45) is 4.98. The number of imidazole rings is 1. The van der Waals surface area contributed by atoms with E-state index in [2.05, 4.69) is 35.6 Å². The Kier molecular flexibility index (Phi) is 4.37. The van der Waals surface area contributed by atoms with Crippen molar-refractivity contribution in [2.24, 2.45) is 5.73 Å². The van der Waals surface area contributed by atoms with Gasteiger partial charge in [0.2, 0.25) is 5.91 Å². The minimum Gasteiger partial charge on any atom is -0.330 e. The zero-order valence-electron chi connectivity index (χ0n) is 14.4. The Balaban J connectivity index is 1.63. The zero-order valence-corrected chi connectivity index (χ0v) is 14.4. The Morgan fingerprint density at radius 2 is 1.88 bits per heavy atom. The smallest absolute Gasteiger partial charge is 0.224 e. The lowest BCUT2D eigenvalue weighted by molar-refractivity contribution is -0.116.